The van der Waals surface area contributed by atoms with Crippen molar-refractivity contribution in [2.45, 2.75) is 32.7 Å². The van der Waals surface area contributed by atoms with Crippen LogP contribution in [0, 0.1) is 0 Å². The third kappa shape index (κ3) is 4.63. The monoisotopic (exact) mass is 586 g/mol. The van der Waals surface area contributed by atoms with Crippen LogP contribution in [-0.2, 0) is 13.0 Å². The first-order valence-electron chi connectivity index (χ1n) is 11.3. The molecule has 12 heteroatoms. The van der Waals surface area contributed by atoms with Gasteiger partial charge in [-0.1, -0.05) is 54.7 Å². The van der Waals surface area contributed by atoms with E-state index in [2.05, 4.69) is 48.6 Å². The summed E-state index contributed by atoms with van der Waals surface area (Å²) in [7, 11) is 0. The second kappa shape index (κ2) is 10.4. The van der Waals surface area contributed by atoms with E-state index >= 15 is 0 Å². The summed E-state index contributed by atoms with van der Waals surface area (Å²) in [6.07, 6.45) is 2.56. The SMILES string of the molecule is CCCCc1nn(-c2c(Cl)cccc2Cl)c(=O)n1Cc1ccc(-n2c(Br)ccc2-c2nn[nH]n2)cc1. The highest BCUT2D eigenvalue weighted by atomic mass is 79.9. The number of aryl methyl sites for hydroxylation is 1. The molecular formula is C24H21BrCl2N8O. The van der Waals surface area contributed by atoms with Gasteiger partial charge in [-0.05, 0) is 69.5 Å². The standard InChI is InChI=1S/C24H21BrCl2N8O/c1-2-3-7-21-30-35(22-17(26)5-4-6-18(22)27)24(36)33(21)14-15-8-10-16(11-9-15)34-19(12-13-20(34)25)23-28-31-32-29-23/h4-6,8-13H,2-3,7,14H2,1H3,(H,28,29,31,32). The highest BCUT2D eigenvalue weighted by Crippen LogP contribution is 2.28. The Morgan fingerprint density at radius 3 is 2.44 bits per heavy atom. The summed E-state index contributed by atoms with van der Waals surface area (Å²) in [6, 6.07) is 16.9. The largest absolute Gasteiger partial charge is 0.351 e. The molecular weight excluding hydrogens is 567 g/mol. The van der Waals surface area contributed by atoms with E-state index in [0.717, 1.165) is 34.4 Å². The van der Waals surface area contributed by atoms with E-state index in [1.807, 2.05) is 41.0 Å². The van der Waals surface area contributed by atoms with E-state index in [-0.39, 0.29) is 5.69 Å². The summed E-state index contributed by atoms with van der Waals surface area (Å²) in [5.74, 6) is 1.18. The molecule has 36 heavy (non-hydrogen) atoms. The quantitative estimate of drug-likeness (QED) is 0.260. The van der Waals surface area contributed by atoms with Crippen molar-refractivity contribution < 1.29 is 0 Å². The van der Waals surface area contributed by atoms with Crippen molar-refractivity contribution in [3.8, 4) is 22.9 Å². The fraction of sp³-hybridized carbons (Fsp3) is 0.208. The maximum absolute atomic E-state index is 13.4. The highest BCUT2D eigenvalue weighted by Gasteiger charge is 2.19. The minimum absolute atomic E-state index is 0.285. The summed E-state index contributed by atoms with van der Waals surface area (Å²) in [4.78, 5) is 13.4. The Balaban J connectivity index is 1.50. The van der Waals surface area contributed by atoms with Gasteiger partial charge in [0.2, 0.25) is 5.82 Å². The topological polar surface area (TPSA) is 99.2 Å². The third-order valence-electron chi connectivity index (χ3n) is 5.79. The van der Waals surface area contributed by atoms with Gasteiger partial charge in [0.25, 0.3) is 0 Å². The van der Waals surface area contributed by atoms with Crippen LogP contribution in [0.25, 0.3) is 22.9 Å². The van der Waals surface area contributed by atoms with E-state index in [0.29, 0.717) is 40.3 Å². The average molecular weight is 588 g/mol. The van der Waals surface area contributed by atoms with Gasteiger partial charge in [0.15, 0.2) is 0 Å². The first-order chi connectivity index (χ1) is 17.5. The fourth-order valence-electron chi connectivity index (χ4n) is 4.00. The number of aromatic nitrogens is 8. The Morgan fingerprint density at radius 2 is 1.78 bits per heavy atom. The molecule has 0 aliphatic heterocycles. The van der Waals surface area contributed by atoms with Gasteiger partial charge in [-0.2, -0.15) is 9.90 Å². The zero-order valence-electron chi connectivity index (χ0n) is 19.2. The van der Waals surface area contributed by atoms with E-state index in [4.69, 9.17) is 23.2 Å². The molecule has 0 fully saturated rings. The number of hydrogen-bond acceptors (Lipinski definition) is 5. The van der Waals surface area contributed by atoms with Crippen molar-refractivity contribution in [3.05, 3.63) is 91.1 Å². The maximum Gasteiger partial charge on any atom is 0.351 e. The first kappa shape index (κ1) is 24.5. The van der Waals surface area contributed by atoms with Gasteiger partial charge in [-0.3, -0.25) is 4.57 Å². The van der Waals surface area contributed by atoms with Gasteiger partial charge in [0, 0.05) is 12.1 Å². The first-order valence-corrected chi connectivity index (χ1v) is 12.9. The molecule has 0 saturated heterocycles. The molecule has 5 rings (SSSR count). The molecule has 184 valence electrons. The van der Waals surface area contributed by atoms with Gasteiger partial charge in [0.05, 0.1) is 26.9 Å². The number of para-hydroxylation sites is 1. The van der Waals surface area contributed by atoms with Crippen LogP contribution < -0.4 is 5.69 Å². The smallest absolute Gasteiger partial charge is 0.301 e. The van der Waals surface area contributed by atoms with Crippen molar-refractivity contribution in [3.63, 3.8) is 0 Å². The number of nitrogens with zero attached hydrogens (tertiary/aromatic N) is 7. The van der Waals surface area contributed by atoms with E-state index in [1.165, 1.54) is 4.68 Å². The van der Waals surface area contributed by atoms with Crippen LogP contribution in [-0.4, -0.2) is 39.5 Å². The Hall–Kier alpha value is -3.21. The number of aromatic amines is 1. The third-order valence-corrected chi connectivity index (χ3v) is 7.01. The molecule has 0 bridgehead atoms. The van der Waals surface area contributed by atoms with Crippen LogP contribution in [0.2, 0.25) is 10.0 Å². The van der Waals surface area contributed by atoms with Crippen LogP contribution >= 0.6 is 39.1 Å². The lowest BCUT2D eigenvalue weighted by Crippen LogP contribution is -2.25. The molecule has 0 aliphatic carbocycles. The van der Waals surface area contributed by atoms with Gasteiger partial charge in [-0.25, -0.2) is 4.79 Å². The molecule has 0 unspecified atom stereocenters. The van der Waals surface area contributed by atoms with Crippen molar-refractivity contribution >= 4 is 39.1 Å². The number of hydrogen-bond donors (Lipinski definition) is 1. The maximum atomic E-state index is 13.4. The number of H-pyrrole nitrogens is 1. The zero-order valence-corrected chi connectivity index (χ0v) is 22.3. The average Bonchev–Trinajstić information content (AvgIpc) is 3.60. The molecule has 9 nitrogen and oxygen atoms in total. The molecule has 5 aromatic rings. The molecule has 0 radical (unpaired) electrons. The summed E-state index contributed by atoms with van der Waals surface area (Å²) in [5.41, 5.74) is 2.76. The molecule has 1 N–H and O–H groups in total. The molecule has 3 heterocycles. The lowest BCUT2D eigenvalue weighted by molar-refractivity contribution is 0.666. The predicted molar refractivity (Wildman–Crippen MR) is 142 cm³/mol. The Kier molecular flexibility index (Phi) is 7.08. The number of nitrogens with one attached hydrogen (secondary N) is 1. The Morgan fingerprint density at radius 1 is 1.03 bits per heavy atom. The predicted octanol–water partition coefficient (Wildman–Crippen LogP) is 5.47. The lowest BCUT2D eigenvalue weighted by atomic mass is 10.2. The van der Waals surface area contributed by atoms with Crippen molar-refractivity contribution in [2.75, 3.05) is 0 Å². The van der Waals surface area contributed by atoms with Crippen LogP contribution in [0.4, 0.5) is 0 Å². The van der Waals surface area contributed by atoms with Crippen LogP contribution in [0.15, 0.2) is 64.0 Å². The Bertz CT molecular complexity index is 1530. The number of benzene rings is 2. The fourth-order valence-corrected chi connectivity index (χ4v) is 5.09. The highest BCUT2D eigenvalue weighted by molar-refractivity contribution is 9.10. The molecule has 0 spiro atoms. The molecule has 0 amide bonds. The van der Waals surface area contributed by atoms with Crippen molar-refractivity contribution in [1.82, 2.24) is 39.5 Å². The second-order valence-electron chi connectivity index (χ2n) is 8.15. The van der Waals surface area contributed by atoms with Crippen molar-refractivity contribution in [2.24, 2.45) is 0 Å². The minimum Gasteiger partial charge on any atom is -0.301 e. The van der Waals surface area contributed by atoms with Gasteiger partial charge in [-0.15, -0.1) is 15.3 Å². The number of unbranched alkanes of at least 4 members (excludes halogenated alkanes) is 1. The van der Waals surface area contributed by atoms with E-state index < -0.39 is 0 Å². The zero-order chi connectivity index (χ0) is 25.2. The molecule has 3 aromatic heterocycles. The Labute approximate surface area is 224 Å². The number of rotatable bonds is 8. The van der Waals surface area contributed by atoms with E-state index in [1.54, 1.807) is 22.8 Å². The second-order valence-corrected chi connectivity index (χ2v) is 9.78. The number of tetrazole rings is 1. The van der Waals surface area contributed by atoms with Crippen LogP contribution in [0.1, 0.15) is 31.2 Å². The number of halogens is 3. The summed E-state index contributed by atoms with van der Waals surface area (Å²) in [5, 5.41) is 19.7. The molecule has 0 saturated carbocycles. The molecule has 2 aromatic carbocycles. The van der Waals surface area contributed by atoms with Gasteiger partial charge in [0.1, 0.15) is 11.5 Å². The summed E-state index contributed by atoms with van der Waals surface area (Å²) in [6.45, 7) is 2.47. The van der Waals surface area contributed by atoms with Crippen LogP contribution in [0.5, 0.6) is 0 Å². The molecule has 0 atom stereocenters. The minimum atomic E-state index is -0.285. The molecule has 0 aliphatic rings. The summed E-state index contributed by atoms with van der Waals surface area (Å²) >= 11 is 16.3. The van der Waals surface area contributed by atoms with Gasteiger partial charge < -0.3 is 4.57 Å². The lowest BCUT2D eigenvalue weighted by Gasteiger charge is -2.11. The van der Waals surface area contributed by atoms with E-state index in [9.17, 15) is 4.79 Å². The van der Waals surface area contributed by atoms with Crippen LogP contribution in [0.3, 0.4) is 0 Å². The normalized spacial score (nSPS) is 11.3. The van der Waals surface area contributed by atoms with Crippen molar-refractivity contribution in [1.29, 1.82) is 0 Å². The summed E-state index contributed by atoms with van der Waals surface area (Å²) < 4.78 is 5.81. The van der Waals surface area contributed by atoms with Gasteiger partial charge >= 0.3 is 5.69 Å².